The lowest BCUT2D eigenvalue weighted by atomic mass is 9.95. The largest absolute Gasteiger partial charge is 0.445 e. The van der Waals surface area contributed by atoms with E-state index in [1.165, 1.54) is 38.1 Å². The number of rotatable bonds is 17. The Balaban J connectivity index is 2.31. The van der Waals surface area contributed by atoms with E-state index in [-0.39, 0.29) is 56.3 Å². The Kier molecular flexibility index (Phi) is 27.8. The standard InChI is InChI=1S/C54H82N14O15/c1-9-28(6)36-49(78)65-37(30(8)69)48(77)59-24-35(70)63-41(43(72)44(55)73)51(80)60-29(7)45(74)66-38(32-19-14-11-15-20-32)39(68-54(82)83-25-31-17-12-10-13-18-31)50(79)67-40(42(71)27(4)5)52(81)62-34(23-26(2)3)47(76)61-33(46(75)64-36)21-16-22-58-53(56)57/h10-15,17-20,26-30,33-34,36-43,69,71-72H,9,16,21-25H2,1-8H3,(H2,55,73)(H,59,77)(H,60,80)(H,61,76)(H,62,81)(H,63,70)(H,64,75)(H,65,78)(H,66,74)(H,67,79)(H,68,82)(H4,56,57,58)/t28-,29-,30-,33+,34-,36-,37-,38+,39?,40-,41?,42+,43-/m0/s1. The summed E-state index contributed by atoms with van der Waals surface area (Å²) in [7, 11) is 0. The Morgan fingerprint density at radius 2 is 1.20 bits per heavy atom. The third-order valence-electron chi connectivity index (χ3n) is 13.3. The molecule has 0 aromatic heterocycles. The Morgan fingerprint density at radius 1 is 0.651 bits per heavy atom. The SMILES string of the molecule is CC[C@H](C)[C@@H]1NC(=O)[C@@H](CCCN=C(N)N)NC(=O)[C@H](CC(C)C)NC(=O)[C@H]([C@H](O)C(C)C)NC(=O)C(NC(=O)OCc2ccccc2)[C@@H](c2ccccc2)NC(=O)[C@H](C)NC(=O)C([C@H](O)C(N)=O)NC(=O)CNC(=O)[C@H]([C@H](C)O)NC1=O. The molecule has 83 heavy (non-hydrogen) atoms. The molecule has 1 fully saturated rings. The van der Waals surface area contributed by atoms with Crippen molar-refractivity contribution in [2.75, 3.05) is 13.1 Å². The number of benzene rings is 2. The second-order valence-electron chi connectivity index (χ2n) is 20.9. The van der Waals surface area contributed by atoms with Gasteiger partial charge in [0.1, 0.15) is 54.9 Å². The van der Waals surface area contributed by atoms with Crippen LogP contribution < -0.4 is 70.4 Å². The van der Waals surface area contributed by atoms with Crippen molar-refractivity contribution in [3.05, 3.63) is 71.8 Å². The molecular formula is C54H82N14O15. The summed E-state index contributed by atoms with van der Waals surface area (Å²) in [5.41, 5.74) is 17.1. The number of carbonyl (C=O) groups is 11. The molecule has 0 bridgehead atoms. The van der Waals surface area contributed by atoms with Gasteiger partial charge in [0, 0.05) is 6.54 Å². The number of ether oxygens (including phenoxy) is 1. The number of amides is 11. The first-order chi connectivity index (χ1) is 39.1. The monoisotopic (exact) mass is 1170 g/mol. The van der Waals surface area contributed by atoms with Crippen molar-refractivity contribution in [1.29, 1.82) is 0 Å². The molecule has 0 spiro atoms. The first kappa shape index (κ1) is 68.8. The van der Waals surface area contributed by atoms with Crippen LogP contribution in [-0.2, 0) is 59.3 Å². The summed E-state index contributed by atoms with van der Waals surface area (Å²) >= 11 is 0. The number of nitrogens with zero attached hydrogens (tertiary/aromatic N) is 1. The lowest BCUT2D eigenvalue weighted by Gasteiger charge is -2.33. The van der Waals surface area contributed by atoms with E-state index in [2.05, 4.69) is 58.2 Å². The molecule has 1 aliphatic heterocycles. The molecule has 1 aliphatic rings. The number of primary amides is 1. The highest BCUT2D eigenvalue weighted by Gasteiger charge is 2.42. The second-order valence-corrected chi connectivity index (χ2v) is 20.9. The molecule has 0 radical (unpaired) electrons. The van der Waals surface area contributed by atoms with Crippen molar-refractivity contribution in [2.24, 2.45) is 39.9 Å². The van der Waals surface area contributed by atoms with Crippen molar-refractivity contribution >= 4 is 71.1 Å². The molecule has 29 heteroatoms. The Labute approximate surface area is 480 Å². The normalized spacial score (nSPS) is 24.8. The zero-order valence-electron chi connectivity index (χ0n) is 47.8. The minimum absolute atomic E-state index is 0.0187. The van der Waals surface area contributed by atoms with Gasteiger partial charge in [-0.2, -0.15) is 0 Å². The van der Waals surface area contributed by atoms with Gasteiger partial charge >= 0.3 is 6.09 Å². The number of aliphatic hydroxyl groups excluding tert-OH is 3. The number of carbonyl (C=O) groups excluding carboxylic acids is 11. The topological polar surface area (TPSA) is 468 Å². The van der Waals surface area contributed by atoms with Crippen molar-refractivity contribution in [3.8, 4) is 0 Å². The molecule has 13 atom stereocenters. The van der Waals surface area contributed by atoms with Crippen LogP contribution in [0.25, 0.3) is 0 Å². The number of aliphatic imine (C=N–C) groups is 1. The fraction of sp³-hybridized carbons (Fsp3) is 0.556. The quantitative estimate of drug-likeness (QED) is 0.0409. The predicted molar refractivity (Wildman–Crippen MR) is 300 cm³/mol. The van der Waals surface area contributed by atoms with E-state index >= 15 is 0 Å². The summed E-state index contributed by atoms with van der Waals surface area (Å²) < 4.78 is 5.47. The van der Waals surface area contributed by atoms with Crippen LogP contribution in [0.2, 0.25) is 0 Å². The molecule has 458 valence electrons. The lowest BCUT2D eigenvalue weighted by Crippen LogP contribution is -2.64. The van der Waals surface area contributed by atoms with E-state index < -0.39 is 156 Å². The maximum atomic E-state index is 15.0. The molecule has 11 amide bonds. The fourth-order valence-electron chi connectivity index (χ4n) is 8.36. The Hall–Kier alpha value is -8.44. The van der Waals surface area contributed by atoms with E-state index in [0.717, 1.165) is 13.8 Å². The number of guanidine groups is 1. The molecule has 19 N–H and O–H groups in total. The highest BCUT2D eigenvalue weighted by atomic mass is 16.5. The van der Waals surface area contributed by atoms with Crippen LogP contribution in [0.4, 0.5) is 4.79 Å². The summed E-state index contributed by atoms with van der Waals surface area (Å²) in [5.74, 6) is -13.6. The molecule has 1 saturated heterocycles. The minimum Gasteiger partial charge on any atom is -0.445 e. The molecular weight excluding hydrogens is 1080 g/mol. The van der Waals surface area contributed by atoms with Crippen LogP contribution in [0.15, 0.2) is 65.7 Å². The zero-order valence-corrected chi connectivity index (χ0v) is 47.8. The van der Waals surface area contributed by atoms with E-state index in [1.807, 2.05) is 0 Å². The summed E-state index contributed by atoms with van der Waals surface area (Å²) in [6.45, 7) is 10.7. The minimum atomic E-state index is -2.45. The molecule has 1 heterocycles. The van der Waals surface area contributed by atoms with Crippen LogP contribution in [0, 0.1) is 17.8 Å². The van der Waals surface area contributed by atoms with Gasteiger partial charge in [-0.15, -0.1) is 0 Å². The molecule has 3 rings (SSSR count). The van der Waals surface area contributed by atoms with Crippen LogP contribution in [0.1, 0.15) is 98.2 Å². The maximum absolute atomic E-state index is 15.0. The van der Waals surface area contributed by atoms with Gasteiger partial charge < -0.3 is 90.4 Å². The van der Waals surface area contributed by atoms with Gasteiger partial charge in [0.2, 0.25) is 59.1 Å². The second kappa shape index (κ2) is 33.5. The van der Waals surface area contributed by atoms with Gasteiger partial charge in [0.25, 0.3) is 0 Å². The third kappa shape index (κ3) is 22.1. The number of hydrogen-bond donors (Lipinski definition) is 16. The lowest BCUT2D eigenvalue weighted by molar-refractivity contribution is -0.140. The van der Waals surface area contributed by atoms with E-state index in [4.69, 9.17) is 21.9 Å². The number of nitrogens with one attached hydrogen (secondary N) is 10. The first-order valence-electron chi connectivity index (χ1n) is 27.2. The van der Waals surface area contributed by atoms with Crippen molar-refractivity contribution in [3.63, 3.8) is 0 Å². The summed E-state index contributed by atoms with van der Waals surface area (Å²) in [4.78, 5) is 158. The van der Waals surface area contributed by atoms with Crippen molar-refractivity contribution < 1.29 is 72.8 Å². The van der Waals surface area contributed by atoms with Gasteiger partial charge in [-0.3, -0.25) is 52.9 Å². The predicted octanol–water partition coefficient (Wildman–Crippen LogP) is -3.93. The van der Waals surface area contributed by atoms with Gasteiger partial charge in [-0.1, -0.05) is 109 Å². The zero-order chi connectivity index (χ0) is 62.2. The van der Waals surface area contributed by atoms with Crippen molar-refractivity contribution in [1.82, 2.24) is 53.2 Å². The summed E-state index contributed by atoms with van der Waals surface area (Å²) in [6, 6.07) is 0.366. The molecule has 2 unspecified atom stereocenters. The average molecular weight is 1170 g/mol. The van der Waals surface area contributed by atoms with Gasteiger partial charge in [-0.05, 0) is 62.0 Å². The third-order valence-corrected chi connectivity index (χ3v) is 13.3. The molecule has 29 nitrogen and oxygen atoms in total. The van der Waals surface area contributed by atoms with Gasteiger partial charge in [0.05, 0.1) is 24.8 Å². The number of aliphatic hydroxyl groups is 3. The smallest absolute Gasteiger partial charge is 0.408 e. The first-order valence-corrected chi connectivity index (χ1v) is 27.2. The highest BCUT2D eigenvalue weighted by Crippen LogP contribution is 2.21. The fourth-order valence-corrected chi connectivity index (χ4v) is 8.36. The molecule has 0 saturated carbocycles. The molecule has 2 aromatic rings. The van der Waals surface area contributed by atoms with E-state index in [1.54, 1.807) is 64.1 Å². The summed E-state index contributed by atoms with van der Waals surface area (Å²) in [5, 5.41) is 57.4. The number of hydrogen-bond acceptors (Lipinski definition) is 16. The van der Waals surface area contributed by atoms with Crippen LogP contribution in [0.3, 0.4) is 0 Å². The number of nitrogens with two attached hydrogens (primary N) is 3. The van der Waals surface area contributed by atoms with E-state index in [0.29, 0.717) is 5.56 Å². The van der Waals surface area contributed by atoms with Gasteiger partial charge in [-0.25, -0.2) is 4.79 Å². The highest BCUT2D eigenvalue weighted by molar-refractivity contribution is 6.00. The molecule has 0 aliphatic carbocycles. The van der Waals surface area contributed by atoms with Crippen LogP contribution in [0.5, 0.6) is 0 Å². The summed E-state index contributed by atoms with van der Waals surface area (Å²) in [6.07, 6.45) is -6.93. The van der Waals surface area contributed by atoms with Crippen molar-refractivity contribution in [2.45, 2.75) is 160 Å². The van der Waals surface area contributed by atoms with Crippen LogP contribution >= 0.6 is 0 Å². The Morgan fingerprint density at radius 3 is 1.77 bits per heavy atom. The van der Waals surface area contributed by atoms with Crippen LogP contribution in [-0.4, -0.2) is 166 Å². The Bertz CT molecular complexity index is 2590. The average Bonchev–Trinajstić information content (AvgIpc) is 3.65. The van der Waals surface area contributed by atoms with E-state index in [9.17, 15) is 68.1 Å². The molecule has 2 aromatic carbocycles. The van der Waals surface area contributed by atoms with Gasteiger partial charge in [0.15, 0.2) is 12.1 Å². The maximum Gasteiger partial charge on any atom is 0.408 e. The number of alkyl carbamates (subject to hydrolysis) is 1.